The third kappa shape index (κ3) is 6.87. The molecule has 0 spiro atoms. The van der Waals surface area contributed by atoms with Crippen LogP contribution in [0.25, 0.3) is 22.4 Å². The summed E-state index contributed by atoms with van der Waals surface area (Å²) in [5.74, 6) is 0.777. The summed E-state index contributed by atoms with van der Waals surface area (Å²) >= 11 is 0. The maximum atomic E-state index is 11.6. The third-order valence-corrected chi connectivity index (χ3v) is 5.65. The van der Waals surface area contributed by atoms with E-state index in [4.69, 9.17) is 9.29 Å². The molecule has 0 saturated heterocycles. The summed E-state index contributed by atoms with van der Waals surface area (Å²) in [6, 6.07) is 14.0. The summed E-state index contributed by atoms with van der Waals surface area (Å²) in [7, 11) is -2.54. The molecule has 2 heterocycles. The number of fused-ring (bicyclic) bond motifs is 1. The summed E-state index contributed by atoms with van der Waals surface area (Å²) in [4.78, 5) is 24.7. The van der Waals surface area contributed by atoms with Gasteiger partial charge >= 0.3 is 6.03 Å². The van der Waals surface area contributed by atoms with Gasteiger partial charge in [0.2, 0.25) is 0 Å². The van der Waals surface area contributed by atoms with E-state index >= 15 is 0 Å². The minimum atomic E-state index is -4.02. The molecule has 2 aromatic carbocycles. The number of amides is 2. The molecular formula is C24H25N5O6S. The minimum Gasteiger partial charge on any atom is -0.504 e. The summed E-state index contributed by atoms with van der Waals surface area (Å²) in [5, 5.41) is 15.0. The fourth-order valence-electron chi connectivity index (χ4n) is 2.97. The second kappa shape index (κ2) is 11.4. The largest absolute Gasteiger partial charge is 0.504 e. The molecule has 0 aliphatic carbocycles. The van der Waals surface area contributed by atoms with Gasteiger partial charge in [0.1, 0.15) is 11.3 Å². The average molecular weight is 512 g/mol. The second-order valence-electron chi connectivity index (χ2n) is 7.45. The first-order valence-corrected chi connectivity index (χ1v) is 12.1. The van der Waals surface area contributed by atoms with Crippen molar-refractivity contribution in [3.05, 3.63) is 66.4 Å². The number of ether oxygens (including phenoxy) is 1. The van der Waals surface area contributed by atoms with E-state index in [9.17, 15) is 18.3 Å². The van der Waals surface area contributed by atoms with E-state index in [2.05, 4.69) is 25.6 Å². The van der Waals surface area contributed by atoms with Gasteiger partial charge in [-0.25, -0.2) is 14.8 Å². The van der Waals surface area contributed by atoms with Crippen molar-refractivity contribution in [3.63, 3.8) is 0 Å². The van der Waals surface area contributed by atoms with Crippen molar-refractivity contribution in [2.45, 2.75) is 18.7 Å². The van der Waals surface area contributed by atoms with Crippen molar-refractivity contribution in [3.8, 4) is 22.8 Å². The molecule has 0 bridgehead atoms. The van der Waals surface area contributed by atoms with Crippen LogP contribution in [0.3, 0.4) is 0 Å². The van der Waals surface area contributed by atoms with E-state index in [0.717, 1.165) is 11.1 Å². The van der Waals surface area contributed by atoms with Crippen LogP contribution in [0.4, 0.5) is 10.6 Å². The first-order valence-electron chi connectivity index (χ1n) is 10.7. The number of benzene rings is 2. The van der Waals surface area contributed by atoms with Crippen LogP contribution in [0.5, 0.6) is 11.5 Å². The zero-order valence-corrected chi connectivity index (χ0v) is 20.6. The molecule has 0 radical (unpaired) electrons. The number of rotatable bonds is 5. The number of nitrogens with zero attached hydrogens (tertiary/aromatic N) is 3. The Kier molecular flexibility index (Phi) is 8.35. The maximum absolute atomic E-state index is 11.6. The highest BCUT2D eigenvalue weighted by molar-refractivity contribution is 7.85. The van der Waals surface area contributed by atoms with Gasteiger partial charge in [0.05, 0.1) is 23.9 Å². The van der Waals surface area contributed by atoms with E-state index in [1.54, 1.807) is 42.6 Å². The van der Waals surface area contributed by atoms with Gasteiger partial charge in [-0.3, -0.25) is 14.9 Å². The Balaban J connectivity index is 0.000000275. The van der Waals surface area contributed by atoms with Crippen LogP contribution in [0.2, 0.25) is 0 Å². The number of carbonyl (C=O) groups excluding carboxylic acids is 1. The van der Waals surface area contributed by atoms with E-state index in [1.807, 2.05) is 13.8 Å². The Morgan fingerprint density at radius 1 is 1.06 bits per heavy atom. The molecule has 36 heavy (non-hydrogen) atoms. The standard InChI is InChI=1S/C17H17N5O3.C7H8O3S/c1-3-18-17(24)22-15-7-5-11-16(21-15)20-12(9-19-11)10-4-6-13(23)14(8-10)25-2;1-6-2-4-7(5-3-6)11(8,9)10/h4-9,23H,3H2,1-2H3,(H2,18,20,21,22,24);2-5H,1H3,(H,8,9,10). The average Bonchev–Trinajstić information content (AvgIpc) is 2.84. The van der Waals surface area contributed by atoms with Gasteiger partial charge in [-0.05, 0) is 56.3 Å². The van der Waals surface area contributed by atoms with E-state index in [-0.39, 0.29) is 16.7 Å². The molecule has 2 aromatic heterocycles. The van der Waals surface area contributed by atoms with Crippen LogP contribution in [-0.4, -0.2) is 52.7 Å². The van der Waals surface area contributed by atoms with Crippen LogP contribution >= 0.6 is 0 Å². The van der Waals surface area contributed by atoms with Crippen molar-refractivity contribution in [2.75, 3.05) is 19.0 Å². The summed E-state index contributed by atoms with van der Waals surface area (Å²) in [6.45, 7) is 4.19. The van der Waals surface area contributed by atoms with E-state index < -0.39 is 10.1 Å². The number of pyridine rings is 1. The van der Waals surface area contributed by atoms with E-state index in [0.29, 0.717) is 35.0 Å². The lowest BCUT2D eigenvalue weighted by atomic mass is 10.1. The Hall–Kier alpha value is -4.29. The van der Waals surface area contributed by atoms with Gasteiger partial charge in [-0.1, -0.05) is 17.7 Å². The third-order valence-electron chi connectivity index (χ3n) is 4.78. The molecule has 12 heteroatoms. The lowest BCUT2D eigenvalue weighted by molar-refractivity contribution is 0.252. The number of hydrogen-bond donors (Lipinski definition) is 4. The number of aromatic hydroxyl groups is 1. The number of phenolic OH excluding ortho intramolecular Hbond substituents is 1. The zero-order chi connectivity index (χ0) is 26.3. The molecule has 4 aromatic rings. The number of aromatic nitrogens is 3. The summed E-state index contributed by atoms with van der Waals surface area (Å²) in [5.41, 5.74) is 3.27. The lowest BCUT2D eigenvalue weighted by Crippen LogP contribution is -2.28. The highest BCUT2D eigenvalue weighted by Crippen LogP contribution is 2.30. The molecular weight excluding hydrogens is 486 g/mol. The number of anilines is 1. The molecule has 0 atom stereocenters. The molecule has 0 saturated carbocycles. The van der Waals surface area contributed by atoms with E-state index in [1.165, 1.54) is 25.3 Å². The number of phenols is 1. The topological polar surface area (TPSA) is 164 Å². The predicted octanol–water partition coefficient (Wildman–Crippen LogP) is 3.79. The van der Waals surface area contributed by atoms with Crippen LogP contribution in [0.15, 0.2) is 65.7 Å². The van der Waals surface area contributed by atoms with Gasteiger partial charge in [0, 0.05) is 12.1 Å². The lowest BCUT2D eigenvalue weighted by Gasteiger charge is -2.08. The summed E-state index contributed by atoms with van der Waals surface area (Å²) in [6.07, 6.45) is 1.62. The van der Waals surface area contributed by atoms with Crippen LogP contribution in [-0.2, 0) is 10.1 Å². The number of urea groups is 1. The minimum absolute atomic E-state index is 0.0477. The van der Waals surface area contributed by atoms with Crippen molar-refractivity contribution < 1.29 is 27.6 Å². The first kappa shape index (κ1) is 26.3. The Labute approximate surface area is 208 Å². The Morgan fingerprint density at radius 3 is 2.42 bits per heavy atom. The smallest absolute Gasteiger partial charge is 0.320 e. The molecule has 188 valence electrons. The Morgan fingerprint density at radius 2 is 1.78 bits per heavy atom. The molecule has 4 N–H and O–H groups in total. The number of methoxy groups -OCH3 is 1. The SMILES string of the molecule is CCNC(=O)Nc1ccc2ncc(-c3ccc(O)c(OC)c3)nc2n1.Cc1ccc(S(=O)(=O)O)cc1. The quantitative estimate of drug-likeness (QED) is 0.292. The van der Waals surface area contributed by atoms with Crippen LogP contribution in [0.1, 0.15) is 12.5 Å². The molecule has 0 fully saturated rings. The fourth-order valence-corrected chi connectivity index (χ4v) is 3.45. The highest BCUT2D eigenvalue weighted by Gasteiger charge is 2.10. The number of aryl methyl sites for hydroxylation is 1. The van der Waals surface area contributed by atoms with Gasteiger partial charge in [0.25, 0.3) is 10.1 Å². The number of hydrogen-bond acceptors (Lipinski definition) is 8. The number of nitrogens with one attached hydrogen (secondary N) is 2. The van der Waals surface area contributed by atoms with Gasteiger partial charge in [-0.2, -0.15) is 8.42 Å². The highest BCUT2D eigenvalue weighted by atomic mass is 32.2. The molecule has 0 aliphatic heterocycles. The van der Waals surface area contributed by atoms with Crippen molar-refractivity contribution >= 4 is 33.1 Å². The molecule has 0 unspecified atom stereocenters. The van der Waals surface area contributed by atoms with Gasteiger partial charge in [0.15, 0.2) is 17.1 Å². The van der Waals surface area contributed by atoms with Crippen LogP contribution < -0.4 is 15.4 Å². The summed E-state index contributed by atoms with van der Waals surface area (Å²) < 4.78 is 34.7. The first-order chi connectivity index (χ1) is 17.1. The molecule has 11 nitrogen and oxygen atoms in total. The Bertz CT molecular complexity index is 1480. The second-order valence-corrected chi connectivity index (χ2v) is 8.88. The monoisotopic (exact) mass is 511 g/mol. The predicted molar refractivity (Wildman–Crippen MR) is 135 cm³/mol. The van der Waals surface area contributed by atoms with Gasteiger partial charge in [-0.15, -0.1) is 0 Å². The normalized spacial score (nSPS) is 10.8. The van der Waals surface area contributed by atoms with Crippen molar-refractivity contribution in [1.82, 2.24) is 20.3 Å². The van der Waals surface area contributed by atoms with Crippen molar-refractivity contribution in [1.29, 1.82) is 0 Å². The molecule has 0 aliphatic rings. The molecule has 4 rings (SSSR count). The van der Waals surface area contributed by atoms with Crippen LogP contribution in [0, 0.1) is 6.92 Å². The van der Waals surface area contributed by atoms with Crippen molar-refractivity contribution in [2.24, 2.45) is 0 Å². The van der Waals surface area contributed by atoms with Gasteiger partial charge < -0.3 is 15.2 Å². The zero-order valence-electron chi connectivity index (χ0n) is 19.8. The molecule has 2 amide bonds. The fraction of sp³-hybridized carbons (Fsp3) is 0.167. The maximum Gasteiger partial charge on any atom is 0.320 e. The number of carbonyl (C=O) groups is 1.